The number of thioether (sulfide) groups is 1. The molecule has 7 heteroatoms. The lowest BCUT2D eigenvalue weighted by Gasteiger charge is -2.36. The molecule has 0 radical (unpaired) electrons. The Morgan fingerprint density at radius 2 is 2.12 bits per heavy atom. The lowest BCUT2D eigenvalue weighted by molar-refractivity contribution is -0.113. The Balaban J connectivity index is 2.01. The first-order chi connectivity index (χ1) is 11.3. The molecule has 2 aliphatic rings. The number of fused-ring (bicyclic) bond motifs is 1. The number of ether oxygens (including phenoxy) is 1. The van der Waals surface area contributed by atoms with Crippen molar-refractivity contribution >= 4 is 23.5 Å². The van der Waals surface area contributed by atoms with E-state index in [0.29, 0.717) is 24.1 Å². The highest BCUT2D eigenvalue weighted by atomic mass is 32.2. The number of amides is 1. The molecular weight excluding hydrogens is 326 g/mol. The van der Waals surface area contributed by atoms with Gasteiger partial charge >= 0.3 is 0 Å². The minimum atomic E-state index is -0.224. The smallest absolute Gasteiger partial charge is 0.270 e. The van der Waals surface area contributed by atoms with Gasteiger partial charge < -0.3 is 10.1 Å². The van der Waals surface area contributed by atoms with E-state index in [-0.39, 0.29) is 28.4 Å². The van der Waals surface area contributed by atoms with Gasteiger partial charge in [0.05, 0.1) is 23.0 Å². The zero-order valence-corrected chi connectivity index (χ0v) is 15.7. The third-order valence-corrected chi connectivity index (χ3v) is 5.94. The Hall–Kier alpha value is -1.21. The van der Waals surface area contributed by atoms with Crippen LogP contribution in [0.4, 0.5) is 5.82 Å². The second kappa shape index (κ2) is 6.59. The largest absolute Gasteiger partial charge is 0.375 e. The summed E-state index contributed by atoms with van der Waals surface area (Å²) in [5, 5.41) is 6.02. The summed E-state index contributed by atoms with van der Waals surface area (Å²) in [6, 6.07) is 0.133. The van der Waals surface area contributed by atoms with Crippen molar-refractivity contribution in [2.24, 2.45) is 5.92 Å². The predicted molar refractivity (Wildman–Crippen MR) is 96.6 cm³/mol. The van der Waals surface area contributed by atoms with Gasteiger partial charge in [0.25, 0.3) is 5.56 Å². The van der Waals surface area contributed by atoms with Crippen LogP contribution in [0, 0.1) is 5.92 Å². The maximum Gasteiger partial charge on any atom is 0.270 e. The van der Waals surface area contributed by atoms with Gasteiger partial charge in [-0.05, 0) is 39.0 Å². The zero-order chi connectivity index (χ0) is 17.5. The number of hydrogen-bond donors (Lipinski definition) is 2. The third-order valence-electron chi connectivity index (χ3n) is 4.68. The Kier molecular flexibility index (Phi) is 4.84. The maximum absolute atomic E-state index is 12.7. The molecule has 1 aromatic heterocycles. The average Bonchev–Trinajstić information content (AvgIpc) is 2.69. The van der Waals surface area contributed by atoms with E-state index >= 15 is 0 Å². The molecule has 0 unspecified atom stereocenters. The Morgan fingerprint density at radius 1 is 1.38 bits per heavy atom. The molecule has 6 nitrogen and oxygen atoms in total. The zero-order valence-electron chi connectivity index (χ0n) is 14.8. The van der Waals surface area contributed by atoms with Crippen molar-refractivity contribution in [1.29, 1.82) is 0 Å². The quantitative estimate of drug-likeness (QED) is 0.875. The van der Waals surface area contributed by atoms with Gasteiger partial charge in [-0.25, -0.2) is 0 Å². The minimum Gasteiger partial charge on any atom is -0.375 e. The van der Waals surface area contributed by atoms with E-state index < -0.39 is 0 Å². The molecule has 1 aromatic rings. The van der Waals surface area contributed by atoms with Crippen LogP contribution in [-0.2, 0) is 9.53 Å². The molecule has 3 rings (SSSR count). The molecule has 0 aliphatic carbocycles. The third kappa shape index (κ3) is 3.57. The summed E-state index contributed by atoms with van der Waals surface area (Å²) in [6.07, 6.45) is 2.53. The number of aromatic amines is 1. The number of anilines is 1. The molecule has 0 aromatic carbocycles. The van der Waals surface area contributed by atoms with Crippen molar-refractivity contribution in [2.45, 2.75) is 63.9 Å². The van der Waals surface area contributed by atoms with Crippen molar-refractivity contribution in [2.75, 3.05) is 17.7 Å². The fourth-order valence-corrected chi connectivity index (χ4v) is 4.96. The Morgan fingerprint density at radius 3 is 2.79 bits per heavy atom. The summed E-state index contributed by atoms with van der Waals surface area (Å²) >= 11 is 1.57. The first kappa shape index (κ1) is 17.6. The second-order valence-electron chi connectivity index (χ2n) is 7.81. The van der Waals surface area contributed by atoms with Crippen LogP contribution in [0.25, 0.3) is 0 Å². The lowest BCUT2D eigenvalue weighted by Crippen LogP contribution is -2.36. The Bertz CT molecular complexity index is 677. The number of rotatable bonds is 3. The first-order valence-electron chi connectivity index (χ1n) is 8.66. The molecule has 1 fully saturated rings. The summed E-state index contributed by atoms with van der Waals surface area (Å²) in [5.74, 6) is 1.49. The summed E-state index contributed by atoms with van der Waals surface area (Å²) < 4.78 is 7.68. The topological polar surface area (TPSA) is 76.1 Å². The molecule has 0 bridgehead atoms. The van der Waals surface area contributed by atoms with Gasteiger partial charge in [-0.3, -0.25) is 19.4 Å². The molecule has 24 heavy (non-hydrogen) atoms. The highest BCUT2D eigenvalue weighted by Gasteiger charge is 2.35. The van der Waals surface area contributed by atoms with Gasteiger partial charge in [-0.15, -0.1) is 11.8 Å². The first-order valence-corrected chi connectivity index (χ1v) is 9.71. The van der Waals surface area contributed by atoms with Gasteiger partial charge in [-0.2, -0.15) is 0 Å². The molecule has 2 aliphatic heterocycles. The van der Waals surface area contributed by atoms with Crippen LogP contribution in [0.2, 0.25) is 0 Å². The fourth-order valence-electron chi connectivity index (χ4n) is 3.62. The molecular formula is C17H27N3O3S. The van der Waals surface area contributed by atoms with Crippen LogP contribution >= 0.6 is 11.8 Å². The molecule has 0 saturated carbocycles. The monoisotopic (exact) mass is 353 g/mol. The van der Waals surface area contributed by atoms with Gasteiger partial charge in [0.1, 0.15) is 5.82 Å². The highest BCUT2D eigenvalue weighted by Crippen LogP contribution is 2.41. The SMILES string of the molecule is CC(C)C[C@H]1SCC(=O)Nc2c1c(=O)[nH]n2[C@H]1CCOC(C)(C)C1. The van der Waals surface area contributed by atoms with E-state index in [4.69, 9.17) is 4.74 Å². The Labute approximate surface area is 146 Å². The van der Waals surface area contributed by atoms with Crippen molar-refractivity contribution < 1.29 is 9.53 Å². The summed E-state index contributed by atoms with van der Waals surface area (Å²) in [6.45, 7) is 9.08. The van der Waals surface area contributed by atoms with Crippen LogP contribution in [0.15, 0.2) is 4.79 Å². The van der Waals surface area contributed by atoms with E-state index in [0.717, 1.165) is 24.8 Å². The number of nitrogens with one attached hydrogen (secondary N) is 2. The molecule has 2 N–H and O–H groups in total. The van der Waals surface area contributed by atoms with Crippen molar-refractivity contribution in [3.63, 3.8) is 0 Å². The molecule has 1 saturated heterocycles. The van der Waals surface area contributed by atoms with E-state index in [1.165, 1.54) is 0 Å². The number of carbonyl (C=O) groups is 1. The van der Waals surface area contributed by atoms with E-state index in [9.17, 15) is 9.59 Å². The van der Waals surface area contributed by atoms with Gasteiger partial charge in [-0.1, -0.05) is 13.8 Å². The van der Waals surface area contributed by atoms with Gasteiger partial charge in [0, 0.05) is 11.9 Å². The second-order valence-corrected chi connectivity index (χ2v) is 9.00. The number of carbonyl (C=O) groups excluding carboxylic acids is 1. The van der Waals surface area contributed by atoms with Crippen LogP contribution in [0.3, 0.4) is 0 Å². The molecule has 1 amide bonds. The van der Waals surface area contributed by atoms with E-state index in [1.807, 2.05) is 4.68 Å². The highest BCUT2D eigenvalue weighted by molar-refractivity contribution is 8.00. The summed E-state index contributed by atoms with van der Waals surface area (Å²) in [5.41, 5.74) is 0.427. The van der Waals surface area contributed by atoms with Crippen LogP contribution in [-0.4, -0.2) is 33.6 Å². The summed E-state index contributed by atoms with van der Waals surface area (Å²) in [4.78, 5) is 24.8. The van der Waals surface area contributed by atoms with Crippen molar-refractivity contribution in [3.8, 4) is 0 Å². The summed E-state index contributed by atoms with van der Waals surface area (Å²) in [7, 11) is 0. The molecule has 134 valence electrons. The number of aromatic nitrogens is 2. The normalized spacial score (nSPS) is 26.8. The number of H-pyrrole nitrogens is 1. The predicted octanol–water partition coefficient (Wildman–Crippen LogP) is 3.08. The van der Waals surface area contributed by atoms with E-state index in [2.05, 4.69) is 38.1 Å². The molecule has 2 atom stereocenters. The fraction of sp³-hybridized carbons (Fsp3) is 0.765. The number of hydrogen-bond acceptors (Lipinski definition) is 4. The van der Waals surface area contributed by atoms with Crippen LogP contribution in [0.5, 0.6) is 0 Å². The van der Waals surface area contributed by atoms with E-state index in [1.54, 1.807) is 11.8 Å². The average molecular weight is 353 g/mol. The molecule has 0 spiro atoms. The van der Waals surface area contributed by atoms with Gasteiger partial charge in [0.15, 0.2) is 0 Å². The lowest BCUT2D eigenvalue weighted by atomic mass is 9.94. The number of nitrogens with zero attached hydrogens (tertiary/aromatic N) is 1. The van der Waals surface area contributed by atoms with Crippen LogP contribution in [0.1, 0.15) is 63.8 Å². The maximum atomic E-state index is 12.7. The molecule has 3 heterocycles. The van der Waals surface area contributed by atoms with Crippen LogP contribution < -0.4 is 10.9 Å². The standard InChI is InChI=1S/C17H27N3O3S/c1-10(2)7-12-14-15(18-13(21)9-24-12)20(19-16(14)22)11-5-6-23-17(3,4)8-11/h10-12H,5-9H2,1-4H3,(H,18,21)(H,19,22)/t11-,12+/m0/s1. The minimum absolute atomic E-state index is 0.0356. The van der Waals surface area contributed by atoms with Gasteiger partial charge in [0.2, 0.25) is 5.91 Å². The van der Waals surface area contributed by atoms with Crippen molar-refractivity contribution in [3.05, 3.63) is 15.9 Å². The van der Waals surface area contributed by atoms with Crippen molar-refractivity contribution in [1.82, 2.24) is 9.78 Å².